The molecule has 1 saturated heterocycles. The topological polar surface area (TPSA) is 24.9 Å². The van der Waals surface area contributed by atoms with Gasteiger partial charge in [0.15, 0.2) is 0 Å². The molecule has 1 aliphatic rings. The number of hydrogen-bond acceptors (Lipinski definition) is 2. The molecule has 0 radical (unpaired) electrons. The maximum absolute atomic E-state index is 7.80. The summed E-state index contributed by atoms with van der Waals surface area (Å²) in [5.74, 6) is 0. The Morgan fingerprint density at radius 3 is 3.64 bits per heavy atom. The van der Waals surface area contributed by atoms with Gasteiger partial charge in [-0.25, -0.2) is 0 Å². The molecule has 1 aromatic rings. The molecule has 2 heteroatoms. The number of hydrogen-bond donors (Lipinski definition) is 1. The van der Waals surface area contributed by atoms with E-state index >= 15 is 0 Å². The fourth-order valence-electron chi connectivity index (χ4n) is 1.09. The Hall–Kier alpha value is -0.890. The van der Waals surface area contributed by atoms with Crippen LogP contribution in [0.1, 0.15) is 32.6 Å². The number of pyridine rings is 1. The highest BCUT2D eigenvalue weighted by molar-refractivity contribution is 5.14. The van der Waals surface area contributed by atoms with Gasteiger partial charge in [0, 0.05) is 21.1 Å². The zero-order chi connectivity index (χ0) is 12.8. The molecule has 0 bridgehead atoms. The van der Waals surface area contributed by atoms with Crippen molar-refractivity contribution in [3.05, 3.63) is 30.0 Å². The van der Waals surface area contributed by atoms with Gasteiger partial charge < -0.3 is 5.32 Å². The van der Waals surface area contributed by atoms with Crippen molar-refractivity contribution in [3.8, 4) is 0 Å². The van der Waals surface area contributed by atoms with Crippen molar-refractivity contribution in [2.75, 3.05) is 6.54 Å². The van der Waals surface area contributed by atoms with E-state index in [2.05, 4.69) is 10.3 Å². The Bertz CT molecular complexity index is 461. The van der Waals surface area contributed by atoms with E-state index in [1.807, 2.05) is 0 Å². The second kappa shape index (κ2) is 3.01. The maximum Gasteiger partial charge on any atom is 0.0843 e. The molecule has 0 aliphatic carbocycles. The zero-order valence-corrected chi connectivity index (χ0v) is 5.94. The summed E-state index contributed by atoms with van der Waals surface area (Å²) in [5.41, 5.74) is 0.0773. The van der Waals surface area contributed by atoms with Gasteiger partial charge in [-0.15, -0.1) is 0 Å². The summed E-state index contributed by atoms with van der Waals surface area (Å²) >= 11 is 0. The van der Waals surface area contributed by atoms with E-state index in [-0.39, 0.29) is 23.8 Å². The van der Waals surface area contributed by atoms with Crippen LogP contribution in [0.3, 0.4) is 0 Å². The highest BCUT2D eigenvalue weighted by Crippen LogP contribution is 2.21. The van der Waals surface area contributed by atoms with Gasteiger partial charge in [0.05, 0.1) is 5.48 Å². The molecule has 2 rings (SSSR count). The third-order valence-electron chi connectivity index (χ3n) is 1.60. The molecule has 1 aliphatic heterocycles. The molecule has 0 saturated carbocycles. The molecular weight excluding hydrogens is 136 g/mol. The smallest absolute Gasteiger partial charge is 0.0843 e. The number of nitrogens with one attached hydrogen (secondary N) is 1. The summed E-state index contributed by atoms with van der Waals surface area (Å²) in [7, 11) is 0. The molecule has 1 unspecified atom stereocenters. The molecule has 58 valence electrons. The standard InChI is InChI=1S/C9H12N2/c1-3-8(7-10-5-1)9-4-2-6-11-9/h1,3,5,7,9,11H,2,4,6H2/i1D,3D,4D2,5D,7D. The van der Waals surface area contributed by atoms with Gasteiger partial charge >= 0.3 is 0 Å². The van der Waals surface area contributed by atoms with Crippen LogP contribution in [0.5, 0.6) is 0 Å². The second-order valence-electron chi connectivity index (χ2n) is 2.34. The Balaban J connectivity index is 2.56. The molecule has 0 amide bonds. The maximum atomic E-state index is 7.80. The van der Waals surface area contributed by atoms with E-state index in [1.54, 1.807) is 0 Å². The normalized spacial score (nSPS) is 36.2. The van der Waals surface area contributed by atoms with Crippen LogP contribution in [0.15, 0.2) is 24.4 Å². The monoisotopic (exact) mass is 154 g/mol. The third-order valence-corrected chi connectivity index (χ3v) is 1.60. The lowest BCUT2D eigenvalue weighted by Gasteiger charge is -2.08. The summed E-state index contributed by atoms with van der Waals surface area (Å²) in [5, 5.41) is 2.89. The van der Waals surface area contributed by atoms with E-state index in [0.29, 0.717) is 13.0 Å². The summed E-state index contributed by atoms with van der Waals surface area (Å²) in [4.78, 5) is 3.56. The number of nitrogens with zero attached hydrogens (tertiary/aromatic N) is 1. The Kier molecular flexibility index (Phi) is 0.784. The van der Waals surface area contributed by atoms with Crippen molar-refractivity contribution in [3.63, 3.8) is 0 Å². The van der Waals surface area contributed by atoms with Gasteiger partial charge in [-0.05, 0) is 30.9 Å². The van der Waals surface area contributed by atoms with Gasteiger partial charge in [-0.3, -0.25) is 4.98 Å². The first kappa shape index (κ1) is 2.87. The third kappa shape index (κ3) is 1.40. The summed E-state index contributed by atoms with van der Waals surface area (Å²) in [6.07, 6.45) is -1.96. The lowest BCUT2D eigenvalue weighted by molar-refractivity contribution is 0.645. The molecule has 1 fully saturated rings. The minimum atomic E-state index is -1.55. The summed E-state index contributed by atoms with van der Waals surface area (Å²) < 4.78 is 45.8. The fourth-order valence-corrected chi connectivity index (χ4v) is 1.09. The average molecular weight is 154 g/mol. The van der Waals surface area contributed by atoms with Crippen molar-refractivity contribution in [2.45, 2.75) is 18.8 Å². The van der Waals surface area contributed by atoms with Crippen LogP contribution in [0.25, 0.3) is 0 Å². The van der Waals surface area contributed by atoms with E-state index < -0.39 is 18.6 Å². The van der Waals surface area contributed by atoms with Crippen LogP contribution < -0.4 is 5.32 Å². The first-order valence-electron chi connectivity index (χ1n) is 6.52. The first-order chi connectivity index (χ1) is 7.84. The predicted octanol–water partition coefficient (Wildman–Crippen LogP) is 1.51. The first-order valence-corrected chi connectivity index (χ1v) is 3.52. The fraction of sp³-hybridized carbons (Fsp3) is 0.444. The highest BCUT2D eigenvalue weighted by atomic mass is 14.9. The summed E-state index contributed by atoms with van der Waals surface area (Å²) in [6.45, 7) is 0.465. The van der Waals surface area contributed by atoms with Crippen molar-refractivity contribution in [1.29, 1.82) is 0 Å². The van der Waals surface area contributed by atoms with Crippen LogP contribution in [0.2, 0.25) is 0 Å². The van der Waals surface area contributed by atoms with Crippen LogP contribution in [0.4, 0.5) is 0 Å². The minimum absolute atomic E-state index is 0.0773. The number of rotatable bonds is 1. The molecule has 2 heterocycles. The van der Waals surface area contributed by atoms with E-state index in [4.69, 9.17) is 8.22 Å². The Labute approximate surface area is 75.1 Å². The molecule has 2 nitrogen and oxygen atoms in total. The van der Waals surface area contributed by atoms with Crippen LogP contribution in [-0.2, 0) is 0 Å². The van der Waals surface area contributed by atoms with E-state index in [0.717, 1.165) is 0 Å². The lowest BCUT2D eigenvalue weighted by atomic mass is 10.1. The highest BCUT2D eigenvalue weighted by Gasteiger charge is 2.15. The van der Waals surface area contributed by atoms with Crippen LogP contribution in [-0.4, -0.2) is 11.5 Å². The summed E-state index contributed by atoms with van der Waals surface area (Å²) in [6, 6.07) is -1.43. The van der Waals surface area contributed by atoms with Crippen molar-refractivity contribution >= 4 is 0 Å². The van der Waals surface area contributed by atoms with Gasteiger partial charge in [-0.1, -0.05) is 6.04 Å². The SMILES string of the molecule is [2H]c1nc([2H])c(C2NCCC2([2H])[2H])c([2H])c1[2H]. The molecule has 0 aromatic carbocycles. The average Bonchev–Trinajstić information content (AvgIpc) is 2.56. The molecule has 0 spiro atoms. The van der Waals surface area contributed by atoms with Crippen molar-refractivity contribution < 1.29 is 8.22 Å². The Morgan fingerprint density at radius 2 is 2.82 bits per heavy atom. The molecule has 1 atom stereocenters. The molecule has 1 aromatic heterocycles. The quantitative estimate of drug-likeness (QED) is 0.663. The molecular formula is C9H12N2. The molecule has 1 N–H and O–H groups in total. The van der Waals surface area contributed by atoms with E-state index in [9.17, 15) is 0 Å². The van der Waals surface area contributed by atoms with Gasteiger partial charge in [0.1, 0.15) is 0 Å². The minimum Gasteiger partial charge on any atom is -0.310 e. The second-order valence-corrected chi connectivity index (χ2v) is 2.34. The predicted molar refractivity (Wildman–Crippen MR) is 44.2 cm³/mol. The van der Waals surface area contributed by atoms with Crippen LogP contribution >= 0.6 is 0 Å². The lowest BCUT2D eigenvalue weighted by Crippen LogP contribution is -2.12. The largest absolute Gasteiger partial charge is 0.310 e. The van der Waals surface area contributed by atoms with Crippen LogP contribution in [0, 0.1) is 0 Å². The van der Waals surface area contributed by atoms with Crippen molar-refractivity contribution in [2.24, 2.45) is 0 Å². The van der Waals surface area contributed by atoms with Gasteiger partial charge in [0.25, 0.3) is 0 Å². The van der Waals surface area contributed by atoms with Gasteiger partial charge in [-0.2, -0.15) is 0 Å². The van der Waals surface area contributed by atoms with Crippen molar-refractivity contribution in [1.82, 2.24) is 10.3 Å². The number of aromatic nitrogens is 1. The Morgan fingerprint density at radius 1 is 1.82 bits per heavy atom. The zero-order valence-electron chi connectivity index (χ0n) is 11.9. The molecule has 11 heavy (non-hydrogen) atoms. The van der Waals surface area contributed by atoms with Gasteiger partial charge in [0.2, 0.25) is 0 Å². The van der Waals surface area contributed by atoms with E-state index in [1.165, 1.54) is 0 Å².